The number of nitrogens with one attached hydrogen (secondary N) is 1. The number of benzene rings is 2. The Balaban J connectivity index is 0.00000121. The number of para-hydroxylation sites is 2. The Kier molecular flexibility index (Phi) is 7.18. The molecule has 0 atom stereocenters. The van der Waals surface area contributed by atoms with Crippen molar-refractivity contribution in [2.75, 3.05) is 18.4 Å². The van der Waals surface area contributed by atoms with Crippen LogP contribution in [-0.4, -0.2) is 22.6 Å². The second kappa shape index (κ2) is 8.63. The van der Waals surface area contributed by atoms with Gasteiger partial charge in [-0.2, -0.15) is 0 Å². The molecule has 0 bridgehead atoms. The van der Waals surface area contributed by atoms with Gasteiger partial charge in [-0.3, -0.25) is 0 Å². The maximum atomic E-state index is 5.57. The number of fused-ring (bicyclic) bond motifs is 1. The lowest BCUT2D eigenvalue weighted by atomic mass is 10.2. The maximum Gasteiger partial charge on any atom is 0.204 e. The number of rotatable bonds is 5. The van der Waals surface area contributed by atoms with E-state index in [0.717, 1.165) is 30.1 Å². The third-order valence-corrected chi connectivity index (χ3v) is 3.27. The van der Waals surface area contributed by atoms with Crippen LogP contribution in [0.15, 0.2) is 54.6 Å². The van der Waals surface area contributed by atoms with Gasteiger partial charge in [-0.25, -0.2) is 4.98 Å². The summed E-state index contributed by atoms with van der Waals surface area (Å²) in [6.07, 6.45) is 0. The minimum Gasteiger partial charge on any atom is -0.354 e. The lowest BCUT2D eigenvalue weighted by Crippen LogP contribution is -2.16. The lowest BCUT2D eigenvalue weighted by molar-refractivity contribution is 0.820. The zero-order chi connectivity index (χ0) is 13.8. The van der Waals surface area contributed by atoms with E-state index in [1.165, 1.54) is 5.56 Å². The molecular weight excluding hydrogens is 319 g/mol. The van der Waals surface area contributed by atoms with E-state index in [9.17, 15) is 0 Å². The van der Waals surface area contributed by atoms with Crippen molar-refractivity contribution in [1.29, 1.82) is 0 Å². The summed E-state index contributed by atoms with van der Waals surface area (Å²) in [4.78, 5) is 4.64. The monoisotopic (exact) mass is 338 g/mol. The van der Waals surface area contributed by atoms with E-state index < -0.39 is 0 Å². The van der Waals surface area contributed by atoms with Crippen molar-refractivity contribution in [3.63, 3.8) is 0 Å². The van der Waals surface area contributed by atoms with Crippen LogP contribution in [0.2, 0.25) is 0 Å². The van der Waals surface area contributed by atoms with Crippen molar-refractivity contribution < 1.29 is 0 Å². The predicted molar refractivity (Wildman–Crippen MR) is 97.3 cm³/mol. The van der Waals surface area contributed by atoms with Crippen molar-refractivity contribution in [1.82, 2.24) is 9.55 Å². The molecule has 0 amide bonds. The molecule has 22 heavy (non-hydrogen) atoms. The Morgan fingerprint density at radius 3 is 2.36 bits per heavy atom. The summed E-state index contributed by atoms with van der Waals surface area (Å²) in [5, 5.41) is 3.30. The van der Waals surface area contributed by atoms with Crippen LogP contribution in [0.4, 0.5) is 5.95 Å². The summed E-state index contributed by atoms with van der Waals surface area (Å²) in [6.45, 7) is 2.11. The van der Waals surface area contributed by atoms with Gasteiger partial charge in [-0.05, 0) is 17.7 Å². The molecule has 118 valence electrons. The van der Waals surface area contributed by atoms with E-state index in [0.29, 0.717) is 6.54 Å². The van der Waals surface area contributed by atoms with Crippen LogP contribution in [0.5, 0.6) is 0 Å². The molecule has 0 radical (unpaired) electrons. The van der Waals surface area contributed by atoms with Gasteiger partial charge in [0, 0.05) is 13.1 Å². The minimum atomic E-state index is 0. The van der Waals surface area contributed by atoms with E-state index >= 15 is 0 Å². The molecule has 3 rings (SSSR count). The molecule has 3 aromatic rings. The molecule has 0 saturated carbocycles. The van der Waals surface area contributed by atoms with Gasteiger partial charge in [-0.15, -0.1) is 24.8 Å². The summed E-state index contributed by atoms with van der Waals surface area (Å²) < 4.78 is 2.19. The zero-order valence-electron chi connectivity index (χ0n) is 12.1. The highest BCUT2D eigenvalue weighted by Gasteiger charge is 2.09. The largest absolute Gasteiger partial charge is 0.354 e. The second-order valence-electron chi connectivity index (χ2n) is 4.71. The number of hydrogen-bond donors (Lipinski definition) is 2. The third-order valence-electron chi connectivity index (χ3n) is 3.27. The van der Waals surface area contributed by atoms with Gasteiger partial charge in [0.2, 0.25) is 5.95 Å². The standard InChI is InChI=1S/C16H18N4.2ClH/c17-10-11-18-16-19-14-8-4-5-9-15(14)20(16)12-13-6-2-1-3-7-13;;/h1-9H,10-12,17H2,(H,18,19);2*1H. The molecule has 6 heteroatoms. The van der Waals surface area contributed by atoms with E-state index in [2.05, 4.69) is 45.2 Å². The molecule has 0 aliphatic rings. The molecule has 4 nitrogen and oxygen atoms in total. The number of imidazole rings is 1. The second-order valence-corrected chi connectivity index (χ2v) is 4.71. The van der Waals surface area contributed by atoms with Gasteiger partial charge in [0.25, 0.3) is 0 Å². The van der Waals surface area contributed by atoms with Crippen LogP contribution in [0, 0.1) is 0 Å². The molecule has 0 fully saturated rings. The summed E-state index contributed by atoms with van der Waals surface area (Å²) in [5.41, 5.74) is 8.97. The first-order valence-electron chi connectivity index (χ1n) is 6.81. The van der Waals surface area contributed by atoms with E-state index in [1.807, 2.05) is 24.3 Å². The molecule has 1 heterocycles. The molecular formula is C16H20Cl2N4. The molecule has 3 N–H and O–H groups in total. The minimum absolute atomic E-state index is 0. The molecule has 1 aromatic heterocycles. The molecule has 0 aliphatic carbocycles. The van der Waals surface area contributed by atoms with Crippen molar-refractivity contribution in [2.45, 2.75) is 6.54 Å². The smallest absolute Gasteiger partial charge is 0.204 e. The van der Waals surface area contributed by atoms with Crippen molar-refractivity contribution in [3.8, 4) is 0 Å². The summed E-state index contributed by atoms with van der Waals surface area (Å²) in [5.74, 6) is 0.875. The van der Waals surface area contributed by atoms with E-state index in [-0.39, 0.29) is 24.8 Å². The van der Waals surface area contributed by atoms with Crippen molar-refractivity contribution >= 4 is 41.8 Å². The number of hydrogen-bond acceptors (Lipinski definition) is 3. The SMILES string of the molecule is Cl.Cl.NCCNc1nc2ccccc2n1Cc1ccccc1. The number of anilines is 1. The van der Waals surface area contributed by atoms with E-state index in [1.54, 1.807) is 0 Å². The Morgan fingerprint density at radius 1 is 0.955 bits per heavy atom. The molecule has 2 aromatic carbocycles. The third kappa shape index (κ3) is 3.91. The van der Waals surface area contributed by atoms with Crippen molar-refractivity contribution in [2.24, 2.45) is 5.73 Å². The fourth-order valence-electron chi connectivity index (χ4n) is 2.32. The molecule has 0 saturated heterocycles. The van der Waals surface area contributed by atoms with Crippen LogP contribution in [0.1, 0.15) is 5.56 Å². The van der Waals surface area contributed by atoms with Crippen LogP contribution in [-0.2, 0) is 6.54 Å². The highest BCUT2D eigenvalue weighted by Crippen LogP contribution is 2.20. The first-order valence-corrected chi connectivity index (χ1v) is 6.81. The summed E-state index contributed by atoms with van der Waals surface area (Å²) >= 11 is 0. The average molecular weight is 339 g/mol. The number of nitrogens with zero attached hydrogens (tertiary/aromatic N) is 2. The van der Waals surface area contributed by atoms with Crippen LogP contribution >= 0.6 is 24.8 Å². The number of nitrogens with two attached hydrogens (primary N) is 1. The molecule has 0 unspecified atom stereocenters. The zero-order valence-corrected chi connectivity index (χ0v) is 13.7. The van der Waals surface area contributed by atoms with Crippen LogP contribution in [0.25, 0.3) is 11.0 Å². The topological polar surface area (TPSA) is 55.9 Å². The Labute approximate surface area is 142 Å². The first-order chi connectivity index (χ1) is 9.88. The average Bonchev–Trinajstić information content (AvgIpc) is 2.84. The highest BCUT2D eigenvalue weighted by molar-refractivity contribution is 5.85. The lowest BCUT2D eigenvalue weighted by Gasteiger charge is -2.10. The Bertz CT molecular complexity index is 698. The van der Waals surface area contributed by atoms with Crippen LogP contribution in [0.3, 0.4) is 0 Å². The molecule has 0 spiro atoms. The number of halogens is 2. The maximum absolute atomic E-state index is 5.57. The van der Waals surface area contributed by atoms with Gasteiger partial charge in [0.1, 0.15) is 0 Å². The van der Waals surface area contributed by atoms with Gasteiger partial charge in [0.15, 0.2) is 0 Å². The van der Waals surface area contributed by atoms with Crippen LogP contribution < -0.4 is 11.1 Å². The summed E-state index contributed by atoms with van der Waals surface area (Å²) in [6, 6.07) is 18.6. The van der Waals surface area contributed by atoms with E-state index in [4.69, 9.17) is 5.73 Å². The Hall–Kier alpha value is -1.75. The first kappa shape index (κ1) is 18.3. The fourth-order valence-corrected chi connectivity index (χ4v) is 2.32. The quantitative estimate of drug-likeness (QED) is 0.750. The van der Waals surface area contributed by atoms with Gasteiger partial charge < -0.3 is 15.6 Å². The summed E-state index contributed by atoms with van der Waals surface area (Å²) in [7, 11) is 0. The fraction of sp³-hybridized carbons (Fsp3) is 0.188. The highest BCUT2D eigenvalue weighted by atomic mass is 35.5. The number of aromatic nitrogens is 2. The molecule has 0 aliphatic heterocycles. The normalized spacial score (nSPS) is 9.86. The predicted octanol–water partition coefficient (Wildman–Crippen LogP) is 3.30. The van der Waals surface area contributed by atoms with Crippen molar-refractivity contribution in [3.05, 3.63) is 60.2 Å². The van der Waals surface area contributed by atoms with Gasteiger partial charge in [0.05, 0.1) is 17.6 Å². The van der Waals surface area contributed by atoms with Gasteiger partial charge >= 0.3 is 0 Å². The van der Waals surface area contributed by atoms with Gasteiger partial charge in [-0.1, -0.05) is 42.5 Å². The Morgan fingerprint density at radius 2 is 1.64 bits per heavy atom.